The van der Waals surface area contributed by atoms with Crippen molar-refractivity contribution in [3.63, 3.8) is 0 Å². The maximum atomic E-state index is 12.3. The minimum atomic E-state index is -0.00836. The topological polar surface area (TPSA) is 61.4 Å². The highest BCUT2D eigenvalue weighted by atomic mass is 32.1. The molecule has 1 amide bonds. The lowest BCUT2D eigenvalue weighted by Gasteiger charge is -2.34. The van der Waals surface area contributed by atoms with E-state index in [9.17, 15) is 4.79 Å². The highest BCUT2D eigenvalue weighted by molar-refractivity contribution is 7.09. The summed E-state index contributed by atoms with van der Waals surface area (Å²) in [5.41, 5.74) is -0.00836. The van der Waals surface area contributed by atoms with Crippen LogP contribution in [0.25, 0.3) is 0 Å². The SMILES string of the molecule is CC1CCC(NC(=O)CN2CCN(c3nc(C(C)(C)C)ns3)CC2)CC1. The van der Waals surface area contributed by atoms with Crippen LogP contribution in [0.15, 0.2) is 0 Å². The second kappa shape index (κ2) is 8.21. The fourth-order valence-corrected chi connectivity index (χ4v) is 4.53. The molecule has 2 aliphatic rings. The van der Waals surface area contributed by atoms with Crippen LogP contribution in [-0.4, -0.2) is 58.9 Å². The Morgan fingerprint density at radius 3 is 2.38 bits per heavy atom. The predicted molar refractivity (Wildman–Crippen MR) is 107 cm³/mol. The number of rotatable bonds is 4. The summed E-state index contributed by atoms with van der Waals surface area (Å²) in [5.74, 6) is 1.92. The van der Waals surface area contributed by atoms with Crippen molar-refractivity contribution in [3.8, 4) is 0 Å². The lowest BCUT2D eigenvalue weighted by Crippen LogP contribution is -2.50. The van der Waals surface area contributed by atoms with Crippen LogP contribution in [0.3, 0.4) is 0 Å². The van der Waals surface area contributed by atoms with Crippen molar-refractivity contribution in [3.05, 3.63) is 5.82 Å². The second-order valence-electron chi connectivity index (χ2n) is 8.94. The third-order valence-corrected chi connectivity index (χ3v) is 6.25. The predicted octanol–water partition coefficient (Wildman–Crippen LogP) is 2.65. The molecule has 1 saturated carbocycles. The zero-order valence-corrected chi connectivity index (χ0v) is 17.4. The van der Waals surface area contributed by atoms with Crippen LogP contribution in [0, 0.1) is 5.92 Å². The van der Waals surface area contributed by atoms with Crippen LogP contribution < -0.4 is 10.2 Å². The molecule has 0 spiro atoms. The number of nitrogens with zero attached hydrogens (tertiary/aromatic N) is 4. The van der Waals surface area contributed by atoms with Gasteiger partial charge in [0.15, 0.2) is 0 Å². The summed E-state index contributed by atoms with van der Waals surface area (Å²) < 4.78 is 4.51. The molecule has 1 aliphatic carbocycles. The van der Waals surface area contributed by atoms with Gasteiger partial charge in [-0.3, -0.25) is 9.69 Å². The fourth-order valence-electron chi connectivity index (χ4n) is 3.63. The van der Waals surface area contributed by atoms with E-state index in [0.29, 0.717) is 12.6 Å². The lowest BCUT2D eigenvalue weighted by molar-refractivity contribution is -0.123. The molecule has 3 rings (SSSR count). The largest absolute Gasteiger partial charge is 0.352 e. The van der Waals surface area contributed by atoms with Gasteiger partial charge in [-0.25, -0.2) is 4.98 Å². The third-order valence-electron chi connectivity index (χ3n) is 5.48. The van der Waals surface area contributed by atoms with E-state index in [1.54, 1.807) is 0 Å². The minimum Gasteiger partial charge on any atom is -0.352 e. The van der Waals surface area contributed by atoms with E-state index in [2.05, 4.69) is 47.2 Å². The molecule has 26 heavy (non-hydrogen) atoms. The van der Waals surface area contributed by atoms with Gasteiger partial charge >= 0.3 is 0 Å². The van der Waals surface area contributed by atoms with E-state index < -0.39 is 0 Å². The van der Waals surface area contributed by atoms with E-state index in [1.807, 2.05) is 0 Å². The van der Waals surface area contributed by atoms with Crippen molar-refractivity contribution in [2.24, 2.45) is 5.92 Å². The normalized spacial score (nSPS) is 25.3. The van der Waals surface area contributed by atoms with Gasteiger partial charge in [0.1, 0.15) is 5.82 Å². The van der Waals surface area contributed by atoms with Gasteiger partial charge in [0.05, 0.1) is 6.54 Å². The number of hydrogen-bond donors (Lipinski definition) is 1. The Labute approximate surface area is 161 Å². The van der Waals surface area contributed by atoms with Crippen LogP contribution in [-0.2, 0) is 10.2 Å². The highest BCUT2D eigenvalue weighted by Crippen LogP contribution is 2.26. The zero-order valence-electron chi connectivity index (χ0n) is 16.6. The monoisotopic (exact) mass is 379 g/mol. The number of carbonyl (C=O) groups is 1. The van der Waals surface area contributed by atoms with E-state index in [1.165, 1.54) is 24.4 Å². The molecule has 1 aromatic heterocycles. The van der Waals surface area contributed by atoms with Crippen molar-refractivity contribution in [1.29, 1.82) is 0 Å². The number of carbonyl (C=O) groups excluding carboxylic acids is 1. The van der Waals surface area contributed by atoms with Crippen LogP contribution in [0.4, 0.5) is 5.13 Å². The van der Waals surface area contributed by atoms with Crippen LogP contribution in [0.5, 0.6) is 0 Å². The Kier molecular flexibility index (Phi) is 6.17. The van der Waals surface area contributed by atoms with Gasteiger partial charge in [-0.2, -0.15) is 4.37 Å². The van der Waals surface area contributed by atoms with E-state index >= 15 is 0 Å². The average Bonchev–Trinajstić information content (AvgIpc) is 3.08. The molecule has 0 atom stereocenters. The van der Waals surface area contributed by atoms with E-state index in [0.717, 1.165) is 55.9 Å². The molecule has 1 saturated heterocycles. The summed E-state index contributed by atoms with van der Waals surface area (Å²) in [6.45, 7) is 12.9. The molecule has 1 N–H and O–H groups in total. The average molecular weight is 380 g/mol. The molecule has 0 unspecified atom stereocenters. The number of piperazine rings is 1. The van der Waals surface area contributed by atoms with Gasteiger partial charge in [-0.05, 0) is 31.6 Å². The molecule has 0 bridgehead atoms. The van der Waals surface area contributed by atoms with Gasteiger partial charge in [0, 0.05) is 49.2 Å². The Morgan fingerprint density at radius 1 is 1.15 bits per heavy atom. The van der Waals surface area contributed by atoms with Crippen molar-refractivity contribution in [1.82, 2.24) is 19.6 Å². The molecule has 146 valence electrons. The Balaban J connectivity index is 1.42. The molecule has 0 aromatic carbocycles. The van der Waals surface area contributed by atoms with Crippen molar-refractivity contribution in [2.45, 2.75) is 64.8 Å². The maximum Gasteiger partial charge on any atom is 0.234 e. The zero-order chi connectivity index (χ0) is 18.7. The van der Waals surface area contributed by atoms with Gasteiger partial charge < -0.3 is 10.2 Å². The first-order chi connectivity index (χ1) is 12.3. The minimum absolute atomic E-state index is 0.00836. The number of hydrogen-bond acceptors (Lipinski definition) is 6. The van der Waals surface area contributed by atoms with Crippen molar-refractivity contribution < 1.29 is 4.79 Å². The molecule has 1 aliphatic heterocycles. The first-order valence-corrected chi connectivity index (χ1v) is 10.7. The third kappa shape index (κ3) is 5.16. The van der Waals surface area contributed by atoms with Crippen LogP contribution in [0.2, 0.25) is 0 Å². The highest BCUT2D eigenvalue weighted by Gasteiger charge is 2.25. The van der Waals surface area contributed by atoms with E-state index in [4.69, 9.17) is 4.98 Å². The first-order valence-electron chi connectivity index (χ1n) is 9.92. The number of nitrogens with one attached hydrogen (secondary N) is 1. The summed E-state index contributed by atoms with van der Waals surface area (Å²) in [7, 11) is 0. The Bertz CT molecular complexity index is 595. The van der Waals surface area contributed by atoms with Crippen LogP contribution >= 0.6 is 11.5 Å². The lowest BCUT2D eigenvalue weighted by atomic mass is 9.87. The molecule has 0 radical (unpaired) electrons. The van der Waals surface area contributed by atoms with Gasteiger partial charge in [-0.15, -0.1) is 0 Å². The summed E-state index contributed by atoms with van der Waals surface area (Å²) in [6, 6.07) is 0.386. The molecule has 7 heteroatoms. The summed E-state index contributed by atoms with van der Waals surface area (Å²) >= 11 is 1.49. The quantitative estimate of drug-likeness (QED) is 0.871. The second-order valence-corrected chi connectivity index (χ2v) is 9.67. The van der Waals surface area contributed by atoms with Crippen molar-refractivity contribution >= 4 is 22.6 Å². The van der Waals surface area contributed by atoms with Gasteiger partial charge in [-0.1, -0.05) is 27.7 Å². The molecule has 2 heterocycles. The Morgan fingerprint density at radius 2 is 1.81 bits per heavy atom. The smallest absolute Gasteiger partial charge is 0.234 e. The molecule has 6 nitrogen and oxygen atoms in total. The van der Waals surface area contributed by atoms with Gasteiger partial charge in [0.25, 0.3) is 0 Å². The Hall–Kier alpha value is -1.21. The summed E-state index contributed by atoms with van der Waals surface area (Å²) in [4.78, 5) is 21.6. The van der Waals surface area contributed by atoms with E-state index in [-0.39, 0.29) is 11.3 Å². The van der Waals surface area contributed by atoms with Gasteiger partial charge in [0.2, 0.25) is 11.0 Å². The maximum absolute atomic E-state index is 12.3. The summed E-state index contributed by atoms with van der Waals surface area (Å²) in [5, 5.41) is 4.24. The number of aromatic nitrogens is 2. The summed E-state index contributed by atoms with van der Waals surface area (Å²) in [6.07, 6.45) is 4.74. The molecular formula is C19H33N5OS. The standard InChI is InChI=1S/C19H33N5OS/c1-14-5-7-15(8-6-14)20-16(25)13-23-9-11-24(12-10-23)18-21-17(22-26-18)19(2,3)4/h14-15H,5-13H2,1-4H3,(H,20,25). The number of amides is 1. The van der Waals surface area contributed by atoms with Crippen molar-refractivity contribution in [2.75, 3.05) is 37.6 Å². The first kappa shape index (κ1) is 19.5. The number of anilines is 1. The molecular weight excluding hydrogens is 346 g/mol. The molecule has 2 fully saturated rings. The van der Waals surface area contributed by atoms with Crippen LogP contribution in [0.1, 0.15) is 59.2 Å². The fraction of sp³-hybridized carbons (Fsp3) is 0.842. The molecule has 1 aromatic rings.